The zero-order valence-corrected chi connectivity index (χ0v) is 18.2. The molecule has 1 saturated carbocycles. The summed E-state index contributed by atoms with van der Waals surface area (Å²) in [6.07, 6.45) is 7.35. The number of anilines is 2. The van der Waals surface area contributed by atoms with Gasteiger partial charge in [-0.25, -0.2) is 4.98 Å². The van der Waals surface area contributed by atoms with Gasteiger partial charge in [0.2, 0.25) is 5.91 Å². The first-order valence-corrected chi connectivity index (χ1v) is 11.3. The first-order valence-electron chi connectivity index (χ1n) is 11.3. The highest BCUT2D eigenvalue weighted by atomic mass is 16.3. The van der Waals surface area contributed by atoms with Gasteiger partial charge in [-0.2, -0.15) is 0 Å². The molecule has 1 aromatic heterocycles. The van der Waals surface area contributed by atoms with Crippen molar-refractivity contribution in [2.45, 2.75) is 38.2 Å². The maximum absolute atomic E-state index is 12.5. The van der Waals surface area contributed by atoms with Crippen LogP contribution < -0.4 is 15.5 Å². The lowest BCUT2D eigenvalue weighted by Gasteiger charge is -2.33. The second kappa shape index (κ2) is 8.39. The number of amides is 2. The molecule has 2 aliphatic carbocycles. The molecule has 0 spiro atoms. The minimum absolute atomic E-state index is 0.00752. The molecule has 7 heteroatoms. The Kier molecular flexibility index (Phi) is 5.43. The Morgan fingerprint density at radius 2 is 1.88 bits per heavy atom. The van der Waals surface area contributed by atoms with Gasteiger partial charge >= 0.3 is 0 Å². The normalized spacial score (nSPS) is 18.2. The number of para-hydroxylation sites is 1. The van der Waals surface area contributed by atoms with Crippen molar-refractivity contribution in [1.82, 2.24) is 10.3 Å². The highest BCUT2D eigenvalue weighted by molar-refractivity contribution is 6.05. The van der Waals surface area contributed by atoms with E-state index in [9.17, 15) is 14.7 Å². The van der Waals surface area contributed by atoms with Gasteiger partial charge < -0.3 is 20.6 Å². The minimum atomic E-state index is -0.229. The van der Waals surface area contributed by atoms with Gasteiger partial charge in [0.15, 0.2) is 0 Å². The SMILES string of the molecule is CNC(=O)c1cnc(NC(=O)C2CC2)c2c1C=C(c1ccccc1N1CCC(O)CC1)C2. The van der Waals surface area contributed by atoms with Crippen molar-refractivity contribution in [1.29, 1.82) is 0 Å². The third kappa shape index (κ3) is 3.88. The third-order valence-corrected chi connectivity index (χ3v) is 6.63. The molecule has 2 heterocycles. The van der Waals surface area contributed by atoms with Crippen molar-refractivity contribution in [2.75, 3.05) is 30.4 Å². The summed E-state index contributed by atoms with van der Waals surface area (Å²) in [6, 6.07) is 8.28. The molecular formula is C25H28N4O3. The number of hydrogen-bond acceptors (Lipinski definition) is 5. The molecular weight excluding hydrogens is 404 g/mol. The maximum Gasteiger partial charge on any atom is 0.253 e. The van der Waals surface area contributed by atoms with Crippen LogP contribution in [0.4, 0.5) is 11.5 Å². The predicted molar refractivity (Wildman–Crippen MR) is 124 cm³/mol. The number of aliphatic hydroxyl groups excluding tert-OH is 1. The average Bonchev–Trinajstić information content (AvgIpc) is 3.58. The van der Waals surface area contributed by atoms with Crippen LogP contribution in [0.3, 0.4) is 0 Å². The van der Waals surface area contributed by atoms with E-state index >= 15 is 0 Å². The number of nitrogens with zero attached hydrogens (tertiary/aromatic N) is 2. The largest absolute Gasteiger partial charge is 0.393 e. The number of allylic oxidation sites excluding steroid dienone is 1. The van der Waals surface area contributed by atoms with E-state index in [-0.39, 0.29) is 23.8 Å². The highest BCUT2D eigenvalue weighted by Gasteiger charge is 2.32. The lowest BCUT2D eigenvalue weighted by Crippen LogP contribution is -2.36. The fourth-order valence-corrected chi connectivity index (χ4v) is 4.61. The number of fused-ring (bicyclic) bond motifs is 1. The fourth-order valence-electron chi connectivity index (χ4n) is 4.61. The molecule has 166 valence electrons. The zero-order valence-electron chi connectivity index (χ0n) is 18.2. The van der Waals surface area contributed by atoms with E-state index in [1.54, 1.807) is 13.2 Å². The fraction of sp³-hybridized carbons (Fsp3) is 0.400. The van der Waals surface area contributed by atoms with Gasteiger partial charge in [0.25, 0.3) is 5.91 Å². The number of piperidine rings is 1. The number of pyridine rings is 1. The molecule has 1 aromatic carbocycles. The lowest BCUT2D eigenvalue weighted by atomic mass is 9.99. The summed E-state index contributed by atoms with van der Waals surface area (Å²) >= 11 is 0. The average molecular weight is 433 g/mol. The van der Waals surface area contributed by atoms with E-state index in [0.717, 1.165) is 66.7 Å². The van der Waals surface area contributed by atoms with Crippen LogP contribution >= 0.6 is 0 Å². The zero-order chi connectivity index (χ0) is 22.2. The first kappa shape index (κ1) is 20.7. The molecule has 3 N–H and O–H groups in total. The van der Waals surface area contributed by atoms with Crippen LogP contribution in [0.2, 0.25) is 0 Å². The van der Waals surface area contributed by atoms with Crippen molar-refractivity contribution < 1.29 is 14.7 Å². The molecule has 2 fully saturated rings. The van der Waals surface area contributed by atoms with Crippen molar-refractivity contribution in [3.05, 3.63) is 52.7 Å². The molecule has 2 aromatic rings. The van der Waals surface area contributed by atoms with Crippen molar-refractivity contribution >= 4 is 35.0 Å². The summed E-state index contributed by atoms with van der Waals surface area (Å²) < 4.78 is 0. The van der Waals surface area contributed by atoms with E-state index in [2.05, 4.69) is 38.7 Å². The van der Waals surface area contributed by atoms with Crippen LogP contribution in [0.15, 0.2) is 30.5 Å². The van der Waals surface area contributed by atoms with Gasteiger partial charge in [-0.3, -0.25) is 9.59 Å². The Bertz CT molecular complexity index is 1100. The summed E-state index contributed by atoms with van der Waals surface area (Å²) in [7, 11) is 1.61. The number of hydrogen-bond donors (Lipinski definition) is 3. The summed E-state index contributed by atoms with van der Waals surface area (Å²) in [6.45, 7) is 1.62. The van der Waals surface area contributed by atoms with Gasteiger partial charge in [0.1, 0.15) is 5.82 Å². The van der Waals surface area contributed by atoms with Gasteiger partial charge in [0.05, 0.1) is 11.7 Å². The molecule has 1 saturated heterocycles. The number of rotatable bonds is 5. The molecule has 0 bridgehead atoms. The Morgan fingerprint density at radius 1 is 1.12 bits per heavy atom. The Balaban J connectivity index is 1.51. The predicted octanol–water partition coefficient (Wildman–Crippen LogP) is 2.85. The molecule has 0 unspecified atom stereocenters. The molecule has 0 atom stereocenters. The van der Waals surface area contributed by atoms with E-state index in [1.165, 1.54) is 0 Å². The molecule has 32 heavy (non-hydrogen) atoms. The third-order valence-electron chi connectivity index (χ3n) is 6.63. The minimum Gasteiger partial charge on any atom is -0.393 e. The molecule has 0 radical (unpaired) electrons. The number of carbonyl (C=O) groups is 2. The van der Waals surface area contributed by atoms with Gasteiger partial charge in [-0.05, 0) is 49.0 Å². The molecule has 3 aliphatic rings. The molecule has 2 amide bonds. The van der Waals surface area contributed by atoms with Crippen LogP contribution in [-0.4, -0.2) is 48.1 Å². The molecule has 5 rings (SSSR count). The summed E-state index contributed by atoms with van der Waals surface area (Å²) in [5.41, 5.74) is 5.57. The summed E-state index contributed by atoms with van der Waals surface area (Å²) in [5.74, 6) is 0.446. The number of aliphatic hydroxyl groups is 1. The van der Waals surface area contributed by atoms with Crippen LogP contribution in [-0.2, 0) is 11.2 Å². The monoisotopic (exact) mass is 432 g/mol. The van der Waals surface area contributed by atoms with Crippen LogP contribution in [0.25, 0.3) is 11.6 Å². The van der Waals surface area contributed by atoms with Gasteiger partial charge in [-0.15, -0.1) is 0 Å². The second-order valence-electron chi connectivity index (χ2n) is 8.84. The lowest BCUT2D eigenvalue weighted by molar-refractivity contribution is -0.117. The van der Waals surface area contributed by atoms with E-state index in [0.29, 0.717) is 17.8 Å². The maximum atomic E-state index is 12.5. The number of aromatic nitrogens is 1. The number of carbonyl (C=O) groups excluding carboxylic acids is 2. The summed E-state index contributed by atoms with van der Waals surface area (Å²) in [5, 5.41) is 15.6. The van der Waals surface area contributed by atoms with Crippen molar-refractivity contribution in [3.8, 4) is 0 Å². The first-order chi connectivity index (χ1) is 15.5. The van der Waals surface area contributed by atoms with Crippen LogP contribution in [0.5, 0.6) is 0 Å². The Hall–Kier alpha value is -3.19. The second-order valence-corrected chi connectivity index (χ2v) is 8.84. The van der Waals surface area contributed by atoms with Crippen LogP contribution in [0.1, 0.15) is 52.7 Å². The summed E-state index contributed by atoms with van der Waals surface area (Å²) in [4.78, 5) is 31.7. The van der Waals surface area contributed by atoms with E-state index in [4.69, 9.17) is 0 Å². The smallest absolute Gasteiger partial charge is 0.253 e. The standard InChI is InChI=1S/C25H28N4O3/c1-26-25(32)21-14-27-23(28-24(31)15-6-7-15)20-13-16(12-19(20)21)18-4-2-3-5-22(18)29-10-8-17(30)9-11-29/h2-5,12,14-15,17,30H,6-11,13H2,1H3,(H,26,32)(H,27,28,31). The van der Waals surface area contributed by atoms with Crippen LogP contribution in [0, 0.1) is 5.92 Å². The Labute approximate surface area is 187 Å². The molecule has 7 nitrogen and oxygen atoms in total. The molecule has 1 aliphatic heterocycles. The van der Waals surface area contributed by atoms with E-state index in [1.807, 2.05) is 12.1 Å². The highest BCUT2D eigenvalue weighted by Crippen LogP contribution is 2.41. The Morgan fingerprint density at radius 3 is 2.59 bits per heavy atom. The number of benzene rings is 1. The van der Waals surface area contributed by atoms with E-state index < -0.39 is 0 Å². The van der Waals surface area contributed by atoms with Crippen molar-refractivity contribution in [3.63, 3.8) is 0 Å². The topological polar surface area (TPSA) is 94.6 Å². The van der Waals surface area contributed by atoms with Gasteiger partial charge in [0, 0.05) is 55.5 Å². The van der Waals surface area contributed by atoms with Crippen molar-refractivity contribution in [2.24, 2.45) is 5.92 Å². The van der Waals surface area contributed by atoms with Gasteiger partial charge in [-0.1, -0.05) is 18.2 Å². The quantitative estimate of drug-likeness (QED) is 0.675. The number of nitrogens with one attached hydrogen (secondary N) is 2.